The summed E-state index contributed by atoms with van der Waals surface area (Å²) in [5.74, 6) is 0.789. The first kappa shape index (κ1) is 18.4. The highest BCUT2D eigenvalue weighted by Gasteiger charge is 2.28. The average molecular weight is 389 g/mol. The summed E-state index contributed by atoms with van der Waals surface area (Å²) in [6.07, 6.45) is 1.69. The lowest BCUT2D eigenvalue weighted by molar-refractivity contribution is 0.380. The van der Waals surface area contributed by atoms with Gasteiger partial charge >= 0.3 is 0 Å². The highest BCUT2D eigenvalue weighted by molar-refractivity contribution is 7.94. The van der Waals surface area contributed by atoms with E-state index in [9.17, 15) is 8.42 Å². The minimum atomic E-state index is -3.17. The molecule has 0 spiro atoms. The van der Waals surface area contributed by atoms with Gasteiger partial charge in [0, 0.05) is 17.6 Å². The zero-order valence-corrected chi connectivity index (χ0v) is 16.0. The molecule has 26 heavy (non-hydrogen) atoms. The first-order valence-electron chi connectivity index (χ1n) is 8.13. The van der Waals surface area contributed by atoms with Crippen molar-refractivity contribution in [3.63, 3.8) is 0 Å². The van der Waals surface area contributed by atoms with Crippen molar-refractivity contribution in [3.05, 3.63) is 71.6 Å². The maximum atomic E-state index is 11.9. The van der Waals surface area contributed by atoms with E-state index in [-0.39, 0.29) is 11.8 Å². The predicted octanol–water partition coefficient (Wildman–Crippen LogP) is 3.20. The monoisotopic (exact) mass is 388 g/mol. The Balaban J connectivity index is 1.79. The number of rotatable bonds is 5. The molecule has 0 unspecified atom stereocenters. The number of hydrogen-bond acceptors (Lipinski definition) is 4. The molecule has 0 aliphatic carbocycles. The Morgan fingerprint density at radius 2 is 1.88 bits per heavy atom. The Hall–Kier alpha value is -2.38. The molecule has 0 radical (unpaired) electrons. The number of benzene rings is 2. The largest absolute Gasteiger partial charge is 0.497 e. The summed E-state index contributed by atoms with van der Waals surface area (Å²) >= 11 is 5.58. The van der Waals surface area contributed by atoms with Gasteiger partial charge in [-0.1, -0.05) is 30.3 Å². The van der Waals surface area contributed by atoms with Crippen molar-refractivity contribution in [2.24, 2.45) is 0 Å². The number of thiocarbonyl (C=S) groups is 1. The molecule has 7 heteroatoms. The van der Waals surface area contributed by atoms with Crippen LogP contribution in [0.2, 0.25) is 0 Å². The second-order valence-electron chi connectivity index (χ2n) is 6.00. The van der Waals surface area contributed by atoms with Crippen molar-refractivity contribution < 1.29 is 13.2 Å². The Kier molecular flexibility index (Phi) is 5.58. The molecule has 0 saturated carbocycles. The van der Waals surface area contributed by atoms with Crippen molar-refractivity contribution >= 4 is 32.9 Å². The van der Waals surface area contributed by atoms with Gasteiger partial charge in [0.1, 0.15) is 5.75 Å². The van der Waals surface area contributed by atoms with Gasteiger partial charge in [-0.2, -0.15) is 0 Å². The number of sulfone groups is 1. The lowest BCUT2D eigenvalue weighted by Crippen LogP contribution is -2.42. The molecule has 2 aromatic rings. The van der Waals surface area contributed by atoms with Gasteiger partial charge in [-0.05, 0) is 48.1 Å². The average Bonchev–Trinajstić information content (AvgIpc) is 3.00. The number of anilines is 1. The quantitative estimate of drug-likeness (QED) is 0.794. The number of nitrogens with one attached hydrogen (secondary N) is 1. The van der Waals surface area contributed by atoms with Crippen LogP contribution in [0.25, 0.3) is 0 Å². The van der Waals surface area contributed by atoms with E-state index in [1.807, 2.05) is 59.5 Å². The molecule has 0 bridgehead atoms. The molecular formula is C19H20N2O3S2. The number of nitrogens with zero attached hydrogens (tertiary/aromatic N) is 1. The fourth-order valence-corrected chi connectivity index (χ4v) is 4.36. The second kappa shape index (κ2) is 7.88. The van der Waals surface area contributed by atoms with Gasteiger partial charge in [0.25, 0.3) is 0 Å². The van der Waals surface area contributed by atoms with Crippen LogP contribution in [-0.4, -0.2) is 37.3 Å². The van der Waals surface area contributed by atoms with Crippen molar-refractivity contribution in [1.29, 1.82) is 0 Å². The van der Waals surface area contributed by atoms with Gasteiger partial charge in [-0.25, -0.2) is 8.42 Å². The molecule has 0 amide bonds. The molecule has 1 aliphatic rings. The SMILES string of the molecule is COc1ccc(NC(=S)N(Cc2ccccc2)[C@@H]2C=CS(=O)(=O)C2)cc1. The van der Waals surface area contributed by atoms with Crippen LogP contribution in [-0.2, 0) is 16.4 Å². The number of hydrogen-bond donors (Lipinski definition) is 1. The molecule has 0 fully saturated rings. The molecule has 0 saturated heterocycles. The zero-order chi connectivity index (χ0) is 18.6. The second-order valence-corrected chi connectivity index (χ2v) is 8.32. The normalized spacial score (nSPS) is 17.7. The van der Waals surface area contributed by atoms with E-state index in [1.54, 1.807) is 13.2 Å². The van der Waals surface area contributed by atoms with Crippen LogP contribution in [0.5, 0.6) is 5.75 Å². The van der Waals surface area contributed by atoms with Gasteiger partial charge in [0.05, 0.1) is 18.9 Å². The molecule has 1 N–H and O–H groups in total. The van der Waals surface area contributed by atoms with Crippen LogP contribution in [0, 0.1) is 0 Å². The molecule has 1 aliphatic heterocycles. The van der Waals surface area contributed by atoms with Crippen molar-refractivity contribution in [3.8, 4) is 5.75 Å². The van der Waals surface area contributed by atoms with E-state index in [2.05, 4.69) is 5.32 Å². The van der Waals surface area contributed by atoms with Gasteiger partial charge < -0.3 is 15.0 Å². The summed E-state index contributed by atoms with van der Waals surface area (Å²) < 4.78 is 28.9. The van der Waals surface area contributed by atoms with Crippen LogP contribution >= 0.6 is 12.2 Å². The van der Waals surface area contributed by atoms with Crippen molar-refractivity contribution in [1.82, 2.24) is 4.90 Å². The summed E-state index contributed by atoms with van der Waals surface area (Å²) in [6, 6.07) is 17.0. The van der Waals surface area contributed by atoms with E-state index in [0.29, 0.717) is 11.7 Å². The van der Waals surface area contributed by atoms with Crippen molar-refractivity contribution in [2.75, 3.05) is 18.2 Å². The highest BCUT2D eigenvalue weighted by atomic mass is 32.2. The Bertz CT molecular complexity index is 894. The third kappa shape index (κ3) is 4.62. The Morgan fingerprint density at radius 1 is 1.19 bits per heavy atom. The van der Waals surface area contributed by atoms with E-state index in [1.165, 1.54) is 5.41 Å². The van der Waals surface area contributed by atoms with Crippen molar-refractivity contribution in [2.45, 2.75) is 12.6 Å². The third-order valence-corrected chi connectivity index (χ3v) is 5.82. The molecule has 3 rings (SSSR count). The van der Waals surface area contributed by atoms with E-state index in [0.717, 1.165) is 17.0 Å². The van der Waals surface area contributed by atoms with Gasteiger partial charge in [-0.15, -0.1) is 0 Å². The molecule has 0 aromatic heterocycles. The standard InChI is InChI=1S/C19H20N2O3S2/c1-24-18-9-7-16(8-10-18)20-19(25)21(13-15-5-3-2-4-6-15)17-11-12-26(22,23)14-17/h2-12,17H,13-14H2,1H3,(H,20,25)/t17-/m1/s1. The van der Waals surface area contributed by atoms with Crippen LogP contribution in [0.15, 0.2) is 66.1 Å². The predicted molar refractivity (Wildman–Crippen MR) is 108 cm³/mol. The summed E-state index contributed by atoms with van der Waals surface area (Å²) in [4.78, 5) is 1.90. The van der Waals surface area contributed by atoms with Crippen LogP contribution in [0.3, 0.4) is 0 Å². The smallest absolute Gasteiger partial charge is 0.174 e. The van der Waals surface area contributed by atoms with E-state index >= 15 is 0 Å². The molecule has 5 nitrogen and oxygen atoms in total. The van der Waals surface area contributed by atoms with Crippen LogP contribution in [0.1, 0.15) is 5.56 Å². The fourth-order valence-electron chi connectivity index (χ4n) is 2.74. The molecule has 1 heterocycles. The molecular weight excluding hydrogens is 368 g/mol. The lowest BCUT2D eigenvalue weighted by atomic mass is 10.2. The third-order valence-electron chi connectivity index (χ3n) is 4.11. The van der Waals surface area contributed by atoms with Crippen LogP contribution < -0.4 is 10.1 Å². The minimum absolute atomic E-state index is 0.0320. The zero-order valence-electron chi connectivity index (χ0n) is 14.3. The Morgan fingerprint density at radius 3 is 2.46 bits per heavy atom. The summed E-state index contributed by atoms with van der Waals surface area (Å²) in [7, 11) is -1.56. The summed E-state index contributed by atoms with van der Waals surface area (Å²) in [5.41, 5.74) is 1.88. The maximum Gasteiger partial charge on any atom is 0.174 e. The molecule has 1 atom stereocenters. The maximum absolute atomic E-state index is 11.9. The summed E-state index contributed by atoms with van der Waals surface area (Å²) in [6.45, 7) is 0.521. The van der Waals surface area contributed by atoms with E-state index in [4.69, 9.17) is 17.0 Å². The van der Waals surface area contributed by atoms with Gasteiger partial charge in [-0.3, -0.25) is 0 Å². The van der Waals surface area contributed by atoms with E-state index < -0.39 is 9.84 Å². The molecule has 136 valence electrons. The van der Waals surface area contributed by atoms with Gasteiger partial charge in [0.2, 0.25) is 0 Å². The van der Waals surface area contributed by atoms with Gasteiger partial charge in [0.15, 0.2) is 14.9 Å². The minimum Gasteiger partial charge on any atom is -0.497 e. The Labute approximate surface area is 159 Å². The van der Waals surface area contributed by atoms with Crippen LogP contribution in [0.4, 0.5) is 5.69 Å². The lowest BCUT2D eigenvalue weighted by Gasteiger charge is -2.30. The molecule has 2 aromatic carbocycles. The topological polar surface area (TPSA) is 58.6 Å². The number of ether oxygens (including phenoxy) is 1. The summed E-state index contributed by atoms with van der Waals surface area (Å²) in [5, 5.41) is 4.94. The fraction of sp³-hybridized carbons (Fsp3) is 0.211. The first-order chi connectivity index (χ1) is 12.5. The highest BCUT2D eigenvalue weighted by Crippen LogP contribution is 2.20. The number of methoxy groups -OCH3 is 1. The first-order valence-corrected chi connectivity index (χ1v) is 10.3.